The minimum absolute atomic E-state index is 0.0699. The van der Waals surface area contributed by atoms with Crippen molar-refractivity contribution in [3.63, 3.8) is 0 Å². The topological polar surface area (TPSA) is 46.6 Å². The maximum absolute atomic E-state index is 12.7. The van der Waals surface area contributed by atoms with Crippen molar-refractivity contribution >= 4 is 11.9 Å². The van der Waals surface area contributed by atoms with Gasteiger partial charge in [-0.25, -0.2) is 4.79 Å². The molecule has 1 aliphatic rings. The molecule has 1 amide bonds. The van der Waals surface area contributed by atoms with Crippen molar-refractivity contribution in [3.8, 4) is 0 Å². The number of hydrogen-bond acceptors (Lipinski definition) is 3. The summed E-state index contributed by atoms with van der Waals surface area (Å²) in [5.41, 5.74) is 2.77. The van der Waals surface area contributed by atoms with Crippen LogP contribution in [0.15, 0.2) is 18.2 Å². The molecule has 4 nitrogen and oxygen atoms in total. The van der Waals surface area contributed by atoms with E-state index in [-0.39, 0.29) is 11.9 Å². The highest BCUT2D eigenvalue weighted by atomic mass is 16.5. The monoisotopic (exact) mass is 289 g/mol. The first-order chi connectivity index (χ1) is 10.0. The Labute approximate surface area is 126 Å². The van der Waals surface area contributed by atoms with E-state index < -0.39 is 6.04 Å². The van der Waals surface area contributed by atoms with Crippen LogP contribution in [0.2, 0.25) is 0 Å². The Bertz CT molecular complexity index is 519. The number of carbonyl (C=O) groups is 2. The van der Waals surface area contributed by atoms with Gasteiger partial charge in [-0.3, -0.25) is 4.79 Å². The van der Waals surface area contributed by atoms with E-state index in [1.807, 2.05) is 32.0 Å². The van der Waals surface area contributed by atoms with Gasteiger partial charge in [-0.15, -0.1) is 0 Å². The van der Waals surface area contributed by atoms with Gasteiger partial charge in [0.1, 0.15) is 6.04 Å². The summed E-state index contributed by atoms with van der Waals surface area (Å²) >= 11 is 0. The fourth-order valence-corrected chi connectivity index (χ4v) is 2.92. The molecule has 4 heteroatoms. The molecule has 1 saturated heterocycles. The second kappa shape index (κ2) is 6.74. The van der Waals surface area contributed by atoms with Crippen LogP contribution >= 0.6 is 0 Å². The number of rotatable bonds is 3. The highest BCUT2D eigenvalue weighted by Crippen LogP contribution is 2.22. The third kappa shape index (κ3) is 3.63. The first kappa shape index (κ1) is 15.5. The van der Waals surface area contributed by atoms with E-state index in [4.69, 9.17) is 4.74 Å². The van der Waals surface area contributed by atoms with Crippen molar-refractivity contribution in [2.75, 3.05) is 13.2 Å². The molecule has 1 aromatic rings. The molecule has 1 fully saturated rings. The van der Waals surface area contributed by atoms with Crippen LogP contribution in [0, 0.1) is 13.8 Å². The second-order valence-corrected chi connectivity index (χ2v) is 5.64. The summed E-state index contributed by atoms with van der Waals surface area (Å²) in [6, 6.07) is 5.36. The molecule has 0 spiro atoms. The highest BCUT2D eigenvalue weighted by Gasteiger charge is 2.33. The third-order valence-electron chi connectivity index (χ3n) is 3.79. The van der Waals surface area contributed by atoms with Gasteiger partial charge in [0.15, 0.2) is 0 Å². The number of ether oxygens (including phenoxy) is 1. The third-order valence-corrected chi connectivity index (χ3v) is 3.79. The zero-order valence-electron chi connectivity index (χ0n) is 13.0. The van der Waals surface area contributed by atoms with E-state index in [9.17, 15) is 9.59 Å². The lowest BCUT2D eigenvalue weighted by Gasteiger charge is -2.34. The van der Waals surface area contributed by atoms with Crippen molar-refractivity contribution in [1.82, 2.24) is 4.90 Å². The number of hydrogen-bond donors (Lipinski definition) is 0. The van der Waals surface area contributed by atoms with Crippen LogP contribution in [0.25, 0.3) is 0 Å². The molecule has 2 rings (SSSR count). The molecule has 0 radical (unpaired) electrons. The van der Waals surface area contributed by atoms with Crippen LogP contribution in [0.4, 0.5) is 0 Å². The number of esters is 1. The van der Waals surface area contributed by atoms with Gasteiger partial charge in [0.25, 0.3) is 5.91 Å². The van der Waals surface area contributed by atoms with Gasteiger partial charge >= 0.3 is 5.97 Å². The van der Waals surface area contributed by atoms with Crippen LogP contribution in [0.1, 0.15) is 47.7 Å². The van der Waals surface area contributed by atoms with Crippen molar-refractivity contribution in [3.05, 3.63) is 34.9 Å². The van der Waals surface area contributed by atoms with E-state index in [0.717, 1.165) is 24.0 Å². The highest BCUT2D eigenvalue weighted by molar-refractivity contribution is 5.97. The largest absolute Gasteiger partial charge is 0.464 e. The van der Waals surface area contributed by atoms with Crippen molar-refractivity contribution in [2.45, 2.75) is 46.1 Å². The number of piperidine rings is 1. The first-order valence-electron chi connectivity index (χ1n) is 7.59. The Morgan fingerprint density at radius 3 is 2.48 bits per heavy atom. The van der Waals surface area contributed by atoms with E-state index in [0.29, 0.717) is 25.1 Å². The van der Waals surface area contributed by atoms with Gasteiger partial charge in [0.2, 0.25) is 0 Å². The van der Waals surface area contributed by atoms with Crippen molar-refractivity contribution in [2.24, 2.45) is 0 Å². The normalized spacial score (nSPS) is 18.4. The molecular weight excluding hydrogens is 266 g/mol. The average molecular weight is 289 g/mol. The molecule has 21 heavy (non-hydrogen) atoms. The van der Waals surface area contributed by atoms with Crippen LogP contribution in [-0.4, -0.2) is 36.0 Å². The van der Waals surface area contributed by atoms with E-state index in [1.165, 1.54) is 0 Å². The molecule has 0 aromatic heterocycles. The summed E-state index contributed by atoms with van der Waals surface area (Å²) < 4.78 is 5.11. The fourth-order valence-electron chi connectivity index (χ4n) is 2.92. The molecule has 114 valence electrons. The maximum Gasteiger partial charge on any atom is 0.328 e. The zero-order chi connectivity index (χ0) is 15.4. The summed E-state index contributed by atoms with van der Waals surface area (Å²) in [5.74, 6) is -0.352. The predicted octanol–water partition coefficient (Wildman–Crippen LogP) is 2.86. The minimum atomic E-state index is -0.438. The van der Waals surface area contributed by atoms with Crippen LogP contribution in [0.5, 0.6) is 0 Å². The molecule has 0 N–H and O–H groups in total. The number of benzene rings is 1. The minimum Gasteiger partial charge on any atom is -0.464 e. The van der Waals surface area contributed by atoms with Gasteiger partial charge in [-0.05, 0) is 52.2 Å². The lowest BCUT2D eigenvalue weighted by atomic mass is 9.99. The van der Waals surface area contributed by atoms with Gasteiger partial charge in [0.05, 0.1) is 6.61 Å². The van der Waals surface area contributed by atoms with Crippen LogP contribution in [-0.2, 0) is 9.53 Å². The number of amides is 1. The molecular formula is C17H23NO3. The quantitative estimate of drug-likeness (QED) is 0.804. The lowest BCUT2D eigenvalue weighted by molar-refractivity contribution is -0.149. The standard InChI is InChI=1S/C17H23NO3/c1-4-21-17(20)15-7-5-6-8-18(15)16(19)14-10-12(2)9-13(3)11-14/h9-11,15H,4-8H2,1-3H3. The Kier molecular flexibility index (Phi) is 4.99. The van der Waals surface area contributed by atoms with Gasteiger partial charge in [0, 0.05) is 12.1 Å². The SMILES string of the molecule is CCOC(=O)C1CCCCN1C(=O)c1cc(C)cc(C)c1. The number of carbonyl (C=O) groups excluding carboxylic acids is 2. The maximum atomic E-state index is 12.7. The Morgan fingerprint density at radius 2 is 1.86 bits per heavy atom. The summed E-state index contributed by atoms with van der Waals surface area (Å²) in [5, 5.41) is 0. The smallest absolute Gasteiger partial charge is 0.328 e. The number of aryl methyl sites for hydroxylation is 2. The number of likely N-dealkylation sites (tertiary alicyclic amines) is 1. The average Bonchev–Trinajstić information content (AvgIpc) is 2.45. The van der Waals surface area contributed by atoms with E-state index in [2.05, 4.69) is 0 Å². The van der Waals surface area contributed by atoms with E-state index in [1.54, 1.807) is 11.8 Å². The molecule has 1 aromatic carbocycles. The zero-order valence-corrected chi connectivity index (χ0v) is 13.0. The van der Waals surface area contributed by atoms with Gasteiger partial charge in [-0.2, -0.15) is 0 Å². The molecule has 1 atom stereocenters. The van der Waals surface area contributed by atoms with Crippen LogP contribution < -0.4 is 0 Å². The fraction of sp³-hybridized carbons (Fsp3) is 0.529. The molecule has 1 aliphatic heterocycles. The molecule has 0 bridgehead atoms. The van der Waals surface area contributed by atoms with Crippen LogP contribution in [0.3, 0.4) is 0 Å². The molecule has 1 heterocycles. The molecule has 0 saturated carbocycles. The van der Waals surface area contributed by atoms with Gasteiger partial charge in [-0.1, -0.05) is 17.2 Å². The Morgan fingerprint density at radius 1 is 1.19 bits per heavy atom. The molecule has 1 unspecified atom stereocenters. The molecule has 0 aliphatic carbocycles. The summed E-state index contributed by atoms with van der Waals surface area (Å²) in [4.78, 5) is 26.5. The predicted molar refractivity (Wildman–Crippen MR) is 81.2 cm³/mol. The summed E-state index contributed by atoms with van der Waals surface area (Å²) in [6.45, 7) is 6.71. The Hall–Kier alpha value is -1.84. The Balaban J connectivity index is 2.24. The summed E-state index contributed by atoms with van der Waals surface area (Å²) in [6.07, 6.45) is 2.59. The lowest BCUT2D eigenvalue weighted by Crippen LogP contribution is -2.48. The van der Waals surface area contributed by atoms with E-state index >= 15 is 0 Å². The number of nitrogens with zero attached hydrogens (tertiary/aromatic N) is 1. The van der Waals surface area contributed by atoms with Crippen molar-refractivity contribution < 1.29 is 14.3 Å². The second-order valence-electron chi connectivity index (χ2n) is 5.64. The van der Waals surface area contributed by atoms with Crippen molar-refractivity contribution in [1.29, 1.82) is 0 Å². The van der Waals surface area contributed by atoms with Gasteiger partial charge < -0.3 is 9.64 Å². The summed E-state index contributed by atoms with van der Waals surface area (Å²) in [7, 11) is 0. The first-order valence-corrected chi connectivity index (χ1v) is 7.59.